The van der Waals surface area contributed by atoms with E-state index in [1.54, 1.807) is 26.4 Å². The third kappa shape index (κ3) is 6.87. The molecule has 0 saturated carbocycles. The number of carbonyl (C=O) groups excluding carboxylic acids is 2. The van der Waals surface area contributed by atoms with Gasteiger partial charge in [0, 0.05) is 12.6 Å². The first-order valence-electron chi connectivity index (χ1n) is 11.4. The lowest BCUT2D eigenvalue weighted by atomic mass is 10.2. The van der Waals surface area contributed by atoms with Crippen molar-refractivity contribution in [2.24, 2.45) is 4.99 Å². The summed E-state index contributed by atoms with van der Waals surface area (Å²) in [5, 5.41) is 3.40. The van der Waals surface area contributed by atoms with Crippen molar-refractivity contribution in [3.8, 4) is 11.5 Å². The van der Waals surface area contributed by atoms with Gasteiger partial charge in [0.25, 0.3) is 5.91 Å². The highest BCUT2D eigenvalue weighted by atomic mass is 32.2. The van der Waals surface area contributed by atoms with Crippen molar-refractivity contribution < 1.29 is 19.1 Å². The van der Waals surface area contributed by atoms with E-state index in [-0.39, 0.29) is 17.6 Å². The second-order valence-corrected chi connectivity index (χ2v) is 8.68. The predicted molar refractivity (Wildman–Crippen MR) is 138 cm³/mol. The Balaban J connectivity index is 1.77. The number of thioether (sulfide) groups is 1. The van der Waals surface area contributed by atoms with E-state index < -0.39 is 0 Å². The number of nitrogens with zero attached hydrogens (tertiary/aromatic N) is 2. The lowest BCUT2D eigenvalue weighted by molar-refractivity contribution is -0.118. The van der Waals surface area contributed by atoms with Crippen LogP contribution in [0.15, 0.2) is 59.2 Å². The maximum absolute atomic E-state index is 13.3. The fraction of sp³-hybridized carbons (Fsp3) is 0.346. The molecule has 1 N–H and O–H groups in total. The van der Waals surface area contributed by atoms with E-state index in [0.717, 1.165) is 30.6 Å². The smallest absolute Gasteiger partial charge is 0.283 e. The van der Waals surface area contributed by atoms with Crippen molar-refractivity contribution in [2.45, 2.75) is 32.6 Å². The fourth-order valence-electron chi connectivity index (χ4n) is 3.39. The van der Waals surface area contributed by atoms with E-state index in [4.69, 9.17) is 9.47 Å². The van der Waals surface area contributed by atoms with Gasteiger partial charge in [0.1, 0.15) is 17.2 Å². The zero-order valence-electron chi connectivity index (χ0n) is 19.9. The Morgan fingerprint density at radius 1 is 1.06 bits per heavy atom. The molecule has 3 rings (SSSR count). The molecule has 0 aromatic heterocycles. The standard InChI is InChI=1S/C26H31N3O4S/c1-4-5-6-7-15-27-24(30)18-34-26-28-23(16-19-11-13-21(32-2)14-12-19)25(31)29(26)20-9-8-10-22(17-20)33-3/h8-14,16-17H,4-7,15,18H2,1-3H3,(H,27,30)/b23-16-. The van der Waals surface area contributed by atoms with E-state index in [9.17, 15) is 9.59 Å². The summed E-state index contributed by atoms with van der Waals surface area (Å²) < 4.78 is 10.5. The molecule has 0 aliphatic carbocycles. The summed E-state index contributed by atoms with van der Waals surface area (Å²) >= 11 is 1.24. The van der Waals surface area contributed by atoms with Crippen LogP contribution in [0.1, 0.15) is 38.2 Å². The van der Waals surface area contributed by atoms with Crippen LogP contribution in [0.3, 0.4) is 0 Å². The first-order valence-corrected chi connectivity index (χ1v) is 12.4. The summed E-state index contributed by atoms with van der Waals surface area (Å²) in [6.07, 6.45) is 6.13. The van der Waals surface area contributed by atoms with Crippen LogP contribution in [0.4, 0.5) is 5.69 Å². The van der Waals surface area contributed by atoms with Gasteiger partial charge in [-0.1, -0.05) is 56.1 Å². The molecule has 0 saturated heterocycles. The Kier molecular flexibility index (Phi) is 9.58. The van der Waals surface area contributed by atoms with Crippen molar-refractivity contribution in [2.75, 3.05) is 31.4 Å². The molecule has 1 heterocycles. The highest BCUT2D eigenvalue weighted by Crippen LogP contribution is 2.31. The van der Waals surface area contributed by atoms with Crippen LogP contribution in [0.2, 0.25) is 0 Å². The first-order chi connectivity index (χ1) is 16.5. The highest BCUT2D eigenvalue weighted by Gasteiger charge is 2.32. The number of amides is 2. The number of hydrogen-bond donors (Lipinski definition) is 1. The first kappa shape index (κ1) is 25.4. The van der Waals surface area contributed by atoms with Gasteiger partial charge in [-0.2, -0.15) is 0 Å². The molecule has 1 aliphatic rings. The zero-order valence-corrected chi connectivity index (χ0v) is 20.7. The molecule has 0 spiro atoms. The van der Waals surface area contributed by atoms with Crippen LogP contribution in [0, 0.1) is 0 Å². The fourth-order valence-corrected chi connectivity index (χ4v) is 4.23. The number of benzene rings is 2. The number of amidine groups is 1. The predicted octanol–water partition coefficient (Wildman–Crippen LogP) is 4.88. The molecule has 0 bridgehead atoms. The molecular weight excluding hydrogens is 450 g/mol. The van der Waals surface area contributed by atoms with Gasteiger partial charge in [-0.15, -0.1) is 0 Å². The Morgan fingerprint density at radius 2 is 1.82 bits per heavy atom. The number of methoxy groups -OCH3 is 2. The van der Waals surface area contributed by atoms with Crippen LogP contribution < -0.4 is 19.7 Å². The molecule has 2 aromatic rings. The van der Waals surface area contributed by atoms with Crippen molar-refractivity contribution in [1.29, 1.82) is 0 Å². The van der Waals surface area contributed by atoms with E-state index in [0.29, 0.717) is 28.8 Å². The van der Waals surface area contributed by atoms with Crippen LogP contribution in [-0.2, 0) is 9.59 Å². The second-order valence-electron chi connectivity index (χ2n) is 7.74. The number of ether oxygens (including phenoxy) is 2. The minimum absolute atomic E-state index is 0.0742. The minimum Gasteiger partial charge on any atom is -0.497 e. The molecule has 0 fully saturated rings. The van der Waals surface area contributed by atoms with Gasteiger partial charge in [0.05, 0.1) is 25.7 Å². The maximum Gasteiger partial charge on any atom is 0.283 e. The number of hydrogen-bond acceptors (Lipinski definition) is 6. The van der Waals surface area contributed by atoms with Gasteiger partial charge in [-0.3, -0.25) is 14.5 Å². The van der Waals surface area contributed by atoms with Crippen LogP contribution in [0.5, 0.6) is 11.5 Å². The zero-order chi connectivity index (χ0) is 24.3. The molecule has 7 nitrogen and oxygen atoms in total. The molecule has 1 aliphatic heterocycles. The van der Waals surface area contributed by atoms with E-state index >= 15 is 0 Å². The average Bonchev–Trinajstić information content (AvgIpc) is 3.17. The second kappa shape index (κ2) is 12.8. The summed E-state index contributed by atoms with van der Waals surface area (Å²) in [6, 6.07) is 14.6. The lowest BCUT2D eigenvalue weighted by Crippen LogP contribution is -2.32. The van der Waals surface area contributed by atoms with Gasteiger partial charge < -0.3 is 14.8 Å². The van der Waals surface area contributed by atoms with Gasteiger partial charge in [-0.05, 0) is 42.3 Å². The summed E-state index contributed by atoms with van der Waals surface area (Å²) in [5.41, 5.74) is 1.76. The molecule has 2 aromatic carbocycles. The molecule has 8 heteroatoms. The molecule has 2 amide bonds. The summed E-state index contributed by atoms with van der Waals surface area (Å²) in [7, 11) is 3.18. The molecule has 0 radical (unpaired) electrons. The van der Waals surface area contributed by atoms with Gasteiger partial charge in [0.15, 0.2) is 5.17 Å². The number of nitrogens with one attached hydrogen (secondary N) is 1. The van der Waals surface area contributed by atoms with Crippen LogP contribution in [0.25, 0.3) is 6.08 Å². The Morgan fingerprint density at radius 3 is 2.53 bits per heavy atom. The van der Waals surface area contributed by atoms with Crippen molar-refractivity contribution in [1.82, 2.24) is 5.32 Å². The van der Waals surface area contributed by atoms with Gasteiger partial charge in [0.2, 0.25) is 5.91 Å². The summed E-state index contributed by atoms with van der Waals surface area (Å²) in [4.78, 5) is 31.8. The largest absolute Gasteiger partial charge is 0.497 e. The molecule has 0 atom stereocenters. The Bertz CT molecular complexity index is 1050. The average molecular weight is 482 g/mol. The van der Waals surface area contributed by atoms with Crippen molar-refractivity contribution >= 4 is 40.5 Å². The van der Waals surface area contributed by atoms with E-state index in [2.05, 4.69) is 17.2 Å². The molecule has 180 valence electrons. The van der Waals surface area contributed by atoms with Crippen molar-refractivity contribution in [3.63, 3.8) is 0 Å². The van der Waals surface area contributed by atoms with Crippen LogP contribution >= 0.6 is 11.8 Å². The normalized spacial score (nSPS) is 14.3. The van der Waals surface area contributed by atoms with Gasteiger partial charge in [-0.25, -0.2) is 4.99 Å². The number of carbonyl (C=O) groups is 2. The Labute approximate surface area is 205 Å². The third-order valence-corrected chi connectivity index (χ3v) is 6.18. The maximum atomic E-state index is 13.3. The molecule has 34 heavy (non-hydrogen) atoms. The van der Waals surface area contributed by atoms with Crippen LogP contribution in [-0.4, -0.2) is 43.5 Å². The quantitative estimate of drug-likeness (QED) is 0.366. The highest BCUT2D eigenvalue weighted by molar-refractivity contribution is 8.14. The van der Waals surface area contributed by atoms with E-state index in [1.807, 2.05) is 42.5 Å². The van der Waals surface area contributed by atoms with E-state index in [1.165, 1.54) is 23.1 Å². The monoisotopic (exact) mass is 481 g/mol. The topological polar surface area (TPSA) is 80.2 Å². The summed E-state index contributed by atoms with van der Waals surface area (Å²) in [5.74, 6) is 1.21. The SMILES string of the molecule is CCCCCCNC(=O)CSC1=N/C(=C\c2ccc(OC)cc2)C(=O)N1c1cccc(OC)c1. The lowest BCUT2D eigenvalue weighted by Gasteiger charge is -2.18. The number of rotatable bonds is 11. The van der Waals surface area contributed by atoms with Crippen molar-refractivity contribution in [3.05, 3.63) is 59.8 Å². The van der Waals surface area contributed by atoms with Gasteiger partial charge >= 0.3 is 0 Å². The third-order valence-electron chi connectivity index (χ3n) is 5.25. The minimum atomic E-state index is -0.258. The number of unbranched alkanes of at least 4 members (excludes halogenated alkanes) is 3. The molecule has 0 unspecified atom stereocenters. The summed E-state index contributed by atoms with van der Waals surface area (Å²) in [6.45, 7) is 2.82. The molecular formula is C26H31N3O4S. The Hall–Kier alpha value is -3.26. The number of anilines is 1. The number of aliphatic imine (C=N–C) groups is 1.